The van der Waals surface area contributed by atoms with E-state index in [2.05, 4.69) is 13.8 Å². The molecule has 1 aliphatic heterocycles. The second-order valence-corrected chi connectivity index (χ2v) is 5.54. The molecule has 0 N–H and O–H groups in total. The molecule has 3 nitrogen and oxygen atoms in total. The summed E-state index contributed by atoms with van der Waals surface area (Å²) in [5.74, 6) is 0.600. The van der Waals surface area contributed by atoms with Gasteiger partial charge in [0.1, 0.15) is 5.60 Å². The normalized spacial score (nSPS) is 26.9. The molecule has 0 aromatic carbocycles. The van der Waals surface area contributed by atoms with Crippen LogP contribution in [-0.4, -0.2) is 29.2 Å². The Morgan fingerprint density at radius 1 is 1.47 bits per heavy atom. The van der Waals surface area contributed by atoms with Gasteiger partial charge < -0.3 is 9.64 Å². The third-order valence-corrected chi connectivity index (χ3v) is 2.72. The summed E-state index contributed by atoms with van der Waals surface area (Å²) < 4.78 is 5.39. The lowest BCUT2D eigenvalue weighted by Gasteiger charge is -2.28. The fourth-order valence-electron chi connectivity index (χ4n) is 2.08. The Bertz CT molecular complexity index is 232. The first-order chi connectivity index (χ1) is 6.83. The SMILES string of the molecule is CC[C@H]1C[C@H](C)CN1C(=O)OC(C)(C)C. The van der Waals surface area contributed by atoms with Gasteiger partial charge in [0.05, 0.1) is 0 Å². The third kappa shape index (κ3) is 3.40. The first kappa shape index (κ1) is 12.3. The highest BCUT2D eigenvalue weighted by molar-refractivity contribution is 5.69. The molecule has 0 aliphatic carbocycles. The molecule has 1 fully saturated rings. The zero-order valence-corrected chi connectivity index (χ0v) is 10.5. The Hall–Kier alpha value is -0.730. The maximum Gasteiger partial charge on any atom is 0.410 e. The van der Waals surface area contributed by atoms with Gasteiger partial charge in [0.2, 0.25) is 0 Å². The summed E-state index contributed by atoms with van der Waals surface area (Å²) in [5.41, 5.74) is -0.388. The molecule has 3 heteroatoms. The molecule has 0 spiro atoms. The minimum absolute atomic E-state index is 0.154. The molecule has 1 saturated heterocycles. The fourth-order valence-corrected chi connectivity index (χ4v) is 2.08. The van der Waals surface area contributed by atoms with Crippen LogP contribution in [0.25, 0.3) is 0 Å². The Labute approximate surface area is 92.8 Å². The van der Waals surface area contributed by atoms with E-state index in [1.165, 1.54) is 0 Å². The van der Waals surface area contributed by atoms with Crippen LogP contribution in [0.5, 0.6) is 0 Å². The summed E-state index contributed by atoms with van der Waals surface area (Å²) >= 11 is 0. The lowest BCUT2D eigenvalue weighted by Crippen LogP contribution is -2.39. The van der Waals surface area contributed by atoms with Gasteiger partial charge in [-0.3, -0.25) is 0 Å². The highest BCUT2D eigenvalue weighted by atomic mass is 16.6. The van der Waals surface area contributed by atoms with Crippen LogP contribution >= 0.6 is 0 Å². The number of carbonyl (C=O) groups excluding carboxylic acids is 1. The van der Waals surface area contributed by atoms with Crippen molar-refractivity contribution in [3.05, 3.63) is 0 Å². The Morgan fingerprint density at radius 3 is 2.53 bits per heavy atom. The number of nitrogens with zero attached hydrogens (tertiary/aromatic N) is 1. The predicted octanol–water partition coefficient (Wildman–Crippen LogP) is 3.04. The molecule has 1 aliphatic rings. The molecule has 0 saturated carbocycles. The molecule has 0 bridgehead atoms. The van der Waals surface area contributed by atoms with Crippen LogP contribution in [0.2, 0.25) is 0 Å². The zero-order valence-electron chi connectivity index (χ0n) is 10.5. The minimum Gasteiger partial charge on any atom is -0.444 e. The van der Waals surface area contributed by atoms with E-state index >= 15 is 0 Å². The van der Waals surface area contributed by atoms with E-state index < -0.39 is 0 Å². The van der Waals surface area contributed by atoms with Crippen LogP contribution in [0, 0.1) is 5.92 Å². The van der Waals surface area contributed by atoms with Gasteiger partial charge in [-0.25, -0.2) is 4.79 Å². The largest absolute Gasteiger partial charge is 0.444 e. The second kappa shape index (κ2) is 4.42. The van der Waals surface area contributed by atoms with Gasteiger partial charge >= 0.3 is 6.09 Å². The quantitative estimate of drug-likeness (QED) is 0.670. The van der Waals surface area contributed by atoms with E-state index in [4.69, 9.17) is 4.74 Å². The van der Waals surface area contributed by atoms with Gasteiger partial charge in [-0.15, -0.1) is 0 Å². The second-order valence-electron chi connectivity index (χ2n) is 5.54. The van der Waals surface area contributed by atoms with E-state index in [-0.39, 0.29) is 11.7 Å². The van der Waals surface area contributed by atoms with Gasteiger partial charge in [0.15, 0.2) is 0 Å². The van der Waals surface area contributed by atoms with E-state index in [9.17, 15) is 4.79 Å². The number of hydrogen-bond donors (Lipinski definition) is 0. The van der Waals surface area contributed by atoms with Crippen LogP contribution in [0.1, 0.15) is 47.5 Å². The van der Waals surface area contributed by atoms with Crippen molar-refractivity contribution >= 4 is 6.09 Å². The van der Waals surface area contributed by atoms with Crippen molar-refractivity contribution in [3.63, 3.8) is 0 Å². The van der Waals surface area contributed by atoms with Crippen LogP contribution in [0.15, 0.2) is 0 Å². The number of rotatable bonds is 1. The smallest absolute Gasteiger partial charge is 0.410 e. The molecule has 0 unspecified atom stereocenters. The summed E-state index contributed by atoms with van der Waals surface area (Å²) in [6.07, 6.45) is 1.97. The summed E-state index contributed by atoms with van der Waals surface area (Å²) in [7, 11) is 0. The average molecular weight is 213 g/mol. The first-order valence-corrected chi connectivity index (χ1v) is 5.83. The highest BCUT2D eigenvalue weighted by Gasteiger charge is 2.34. The number of carbonyl (C=O) groups is 1. The monoisotopic (exact) mass is 213 g/mol. The zero-order chi connectivity index (χ0) is 11.6. The van der Waals surface area contributed by atoms with Crippen molar-refractivity contribution in [3.8, 4) is 0 Å². The van der Waals surface area contributed by atoms with Crippen LogP contribution in [0.3, 0.4) is 0 Å². The summed E-state index contributed by atoms with van der Waals surface area (Å²) in [4.78, 5) is 13.8. The summed E-state index contributed by atoms with van der Waals surface area (Å²) in [6.45, 7) is 10.9. The summed E-state index contributed by atoms with van der Waals surface area (Å²) in [5, 5.41) is 0. The molecule has 2 atom stereocenters. The molecule has 1 heterocycles. The fraction of sp³-hybridized carbons (Fsp3) is 0.917. The van der Waals surface area contributed by atoms with Crippen molar-refractivity contribution < 1.29 is 9.53 Å². The molecule has 0 radical (unpaired) electrons. The first-order valence-electron chi connectivity index (χ1n) is 5.83. The number of hydrogen-bond acceptors (Lipinski definition) is 2. The summed E-state index contributed by atoms with van der Waals surface area (Å²) in [6, 6.07) is 0.370. The Balaban J connectivity index is 2.59. The Kier molecular flexibility index (Phi) is 3.63. The van der Waals surface area contributed by atoms with Crippen LogP contribution < -0.4 is 0 Å². The van der Waals surface area contributed by atoms with Crippen molar-refractivity contribution in [2.75, 3.05) is 6.54 Å². The highest BCUT2D eigenvalue weighted by Crippen LogP contribution is 2.26. The number of ether oxygens (including phenoxy) is 1. The lowest BCUT2D eigenvalue weighted by atomic mass is 10.1. The molecule has 1 amide bonds. The van der Waals surface area contributed by atoms with Gasteiger partial charge in [-0.1, -0.05) is 13.8 Å². The standard InChI is InChI=1S/C12H23NO2/c1-6-10-7-9(2)8-13(10)11(14)15-12(3,4)5/h9-10H,6-8H2,1-5H3/t9-,10-/m0/s1. The van der Waals surface area contributed by atoms with Gasteiger partial charge in [0.25, 0.3) is 0 Å². The Morgan fingerprint density at radius 2 is 2.07 bits per heavy atom. The molecule has 15 heavy (non-hydrogen) atoms. The van der Waals surface area contributed by atoms with E-state index in [1.807, 2.05) is 25.7 Å². The number of amides is 1. The molecule has 88 valence electrons. The maximum absolute atomic E-state index is 11.9. The van der Waals surface area contributed by atoms with Gasteiger partial charge in [-0.2, -0.15) is 0 Å². The minimum atomic E-state index is -0.388. The van der Waals surface area contributed by atoms with Crippen molar-refractivity contribution in [2.45, 2.75) is 59.1 Å². The molecular formula is C12H23NO2. The van der Waals surface area contributed by atoms with Crippen LogP contribution in [0.4, 0.5) is 4.79 Å². The van der Waals surface area contributed by atoms with Gasteiger partial charge in [0, 0.05) is 12.6 Å². The van der Waals surface area contributed by atoms with E-state index in [0.717, 1.165) is 19.4 Å². The van der Waals surface area contributed by atoms with E-state index in [0.29, 0.717) is 12.0 Å². The topological polar surface area (TPSA) is 29.5 Å². The third-order valence-electron chi connectivity index (χ3n) is 2.72. The molecule has 1 rings (SSSR count). The number of likely N-dealkylation sites (tertiary alicyclic amines) is 1. The van der Waals surface area contributed by atoms with Crippen molar-refractivity contribution in [2.24, 2.45) is 5.92 Å². The molecule has 0 aromatic rings. The van der Waals surface area contributed by atoms with E-state index in [1.54, 1.807) is 0 Å². The van der Waals surface area contributed by atoms with Crippen LogP contribution in [-0.2, 0) is 4.74 Å². The van der Waals surface area contributed by atoms with Gasteiger partial charge in [-0.05, 0) is 39.5 Å². The lowest BCUT2D eigenvalue weighted by molar-refractivity contribution is 0.0219. The van der Waals surface area contributed by atoms with Crippen molar-refractivity contribution in [1.82, 2.24) is 4.90 Å². The maximum atomic E-state index is 11.9. The predicted molar refractivity (Wildman–Crippen MR) is 60.8 cm³/mol. The average Bonchev–Trinajstić information content (AvgIpc) is 2.43. The molecule has 0 aromatic heterocycles. The van der Waals surface area contributed by atoms with Crippen molar-refractivity contribution in [1.29, 1.82) is 0 Å². The molecular weight excluding hydrogens is 190 g/mol.